The summed E-state index contributed by atoms with van der Waals surface area (Å²) in [7, 11) is 0. The number of nitrogens with zero attached hydrogens (tertiary/aromatic N) is 2. The van der Waals surface area contributed by atoms with E-state index in [4.69, 9.17) is 0 Å². The van der Waals surface area contributed by atoms with Gasteiger partial charge in [0.1, 0.15) is 0 Å². The molecule has 0 atom stereocenters. The number of ketones is 1. The van der Waals surface area contributed by atoms with Crippen LogP contribution in [0.4, 0.5) is 0 Å². The first kappa shape index (κ1) is 12.4. The van der Waals surface area contributed by atoms with Gasteiger partial charge in [-0.25, -0.2) is 0 Å². The third kappa shape index (κ3) is 2.78. The van der Waals surface area contributed by atoms with Crippen LogP contribution in [0.15, 0.2) is 12.4 Å². The Balaban J connectivity index is 2.00. The van der Waals surface area contributed by atoms with E-state index in [9.17, 15) is 4.79 Å². The third-order valence-corrected chi connectivity index (χ3v) is 3.68. The second-order valence-corrected chi connectivity index (χ2v) is 4.74. The quantitative estimate of drug-likeness (QED) is 0.781. The summed E-state index contributed by atoms with van der Waals surface area (Å²) >= 11 is 0. The standard InChI is InChI=1S/C14H22N2O/c1-3-15(4-2)8-9-16-10-12-6-5-7-14(17)13(12)11-16/h10-11H,3-9H2,1-2H3. The molecule has 3 nitrogen and oxygen atoms in total. The van der Waals surface area contributed by atoms with Crippen LogP contribution < -0.4 is 0 Å². The molecule has 1 aromatic rings. The second kappa shape index (κ2) is 5.50. The lowest BCUT2D eigenvalue weighted by atomic mass is 9.95. The molecule has 0 aliphatic heterocycles. The van der Waals surface area contributed by atoms with Crippen LogP contribution >= 0.6 is 0 Å². The molecule has 17 heavy (non-hydrogen) atoms. The van der Waals surface area contributed by atoms with E-state index in [-0.39, 0.29) is 0 Å². The minimum atomic E-state index is 0.327. The van der Waals surface area contributed by atoms with Gasteiger partial charge in [0, 0.05) is 37.5 Å². The number of carbonyl (C=O) groups excluding carboxylic acids is 1. The zero-order valence-electron chi connectivity index (χ0n) is 10.9. The Morgan fingerprint density at radius 1 is 1.24 bits per heavy atom. The van der Waals surface area contributed by atoms with Gasteiger partial charge in [-0.3, -0.25) is 4.79 Å². The van der Waals surface area contributed by atoms with Gasteiger partial charge in [-0.15, -0.1) is 0 Å². The Bertz CT molecular complexity index is 391. The highest BCUT2D eigenvalue weighted by molar-refractivity contribution is 5.98. The van der Waals surface area contributed by atoms with Gasteiger partial charge < -0.3 is 9.47 Å². The van der Waals surface area contributed by atoms with Crippen molar-refractivity contribution in [3.05, 3.63) is 23.5 Å². The van der Waals surface area contributed by atoms with E-state index in [1.807, 2.05) is 6.20 Å². The van der Waals surface area contributed by atoms with Crippen molar-refractivity contribution >= 4 is 5.78 Å². The number of aryl methyl sites for hydroxylation is 1. The van der Waals surface area contributed by atoms with Crippen molar-refractivity contribution in [3.63, 3.8) is 0 Å². The molecule has 0 spiro atoms. The van der Waals surface area contributed by atoms with Crippen LogP contribution in [0.2, 0.25) is 0 Å². The molecule has 2 rings (SSSR count). The molecular formula is C14H22N2O. The number of Topliss-reactive ketones (excluding diaryl/α,β-unsaturated/α-hetero) is 1. The molecule has 0 bridgehead atoms. The summed E-state index contributed by atoms with van der Waals surface area (Å²) in [4.78, 5) is 14.1. The fourth-order valence-electron chi connectivity index (χ4n) is 2.51. The zero-order valence-corrected chi connectivity index (χ0v) is 10.9. The van der Waals surface area contributed by atoms with E-state index in [2.05, 4.69) is 29.5 Å². The molecule has 1 aliphatic rings. The van der Waals surface area contributed by atoms with Crippen LogP contribution in [0, 0.1) is 0 Å². The van der Waals surface area contributed by atoms with Crippen molar-refractivity contribution in [1.29, 1.82) is 0 Å². The van der Waals surface area contributed by atoms with Gasteiger partial charge in [-0.2, -0.15) is 0 Å². The molecular weight excluding hydrogens is 212 g/mol. The Hall–Kier alpha value is -1.09. The number of likely N-dealkylation sites (N-methyl/N-ethyl adjacent to an activating group) is 1. The highest BCUT2D eigenvalue weighted by atomic mass is 16.1. The fourth-order valence-corrected chi connectivity index (χ4v) is 2.51. The van der Waals surface area contributed by atoms with Crippen LogP contribution in [0.25, 0.3) is 0 Å². The predicted molar refractivity (Wildman–Crippen MR) is 69.5 cm³/mol. The summed E-state index contributed by atoms with van der Waals surface area (Å²) in [5.74, 6) is 0.327. The first-order valence-electron chi connectivity index (χ1n) is 6.68. The molecule has 1 aromatic heterocycles. The molecule has 0 aromatic carbocycles. The first-order valence-corrected chi connectivity index (χ1v) is 6.68. The van der Waals surface area contributed by atoms with Crippen molar-refractivity contribution in [2.75, 3.05) is 19.6 Å². The molecule has 0 fully saturated rings. The maximum absolute atomic E-state index is 11.7. The molecule has 0 radical (unpaired) electrons. The highest BCUT2D eigenvalue weighted by Gasteiger charge is 2.18. The summed E-state index contributed by atoms with van der Waals surface area (Å²) in [6.45, 7) is 8.62. The van der Waals surface area contributed by atoms with Crippen LogP contribution in [0.1, 0.15) is 42.6 Å². The average Bonchev–Trinajstić information content (AvgIpc) is 2.75. The molecule has 1 aliphatic carbocycles. The van der Waals surface area contributed by atoms with Gasteiger partial charge in [0.2, 0.25) is 0 Å². The largest absolute Gasteiger partial charge is 0.352 e. The van der Waals surface area contributed by atoms with Crippen LogP contribution in [0.3, 0.4) is 0 Å². The summed E-state index contributed by atoms with van der Waals surface area (Å²) in [6, 6.07) is 0. The van der Waals surface area contributed by atoms with Crippen molar-refractivity contribution in [1.82, 2.24) is 9.47 Å². The molecule has 0 saturated heterocycles. The van der Waals surface area contributed by atoms with Crippen LogP contribution in [-0.4, -0.2) is 34.9 Å². The topological polar surface area (TPSA) is 25.2 Å². The molecule has 1 heterocycles. The number of fused-ring (bicyclic) bond motifs is 1. The molecule has 0 saturated carbocycles. The van der Waals surface area contributed by atoms with E-state index in [0.717, 1.165) is 51.0 Å². The van der Waals surface area contributed by atoms with E-state index in [1.165, 1.54) is 5.56 Å². The van der Waals surface area contributed by atoms with Crippen molar-refractivity contribution in [2.45, 2.75) is 39.7 Å². The van der Waals surface area contributed by atoms with E-state index < -0.39 is 0 Å². The summed E-state index contributed by atoms with van der Waals surface area (Å²) in [5.41, 5.74) is 2.22. The molecule has 0 N–H and O–H groups in total. The summed E-state index contributed by atoms with van der Waals surface area (Å²) < 4.78 is 2.19. The SMILES string of the molecule is CCN(CC)CCn1cc2c(c1)C(=O)CCC2. The lowest BCUT2D eigenvalue weighted by Gasteiger charge is -2.17. The van der Waals surface area contributed by atoms with E-state index >= 15 is 0 Å². The van der Waals surface area contributed by atoms with E-state index in [1.54, 1.807) is 0 Å². The number of hydrogen-bond acceptors (Lipinski definition) is 2. The fraction of sp³-hybridized carbons (Fsp3) is 0.643. The zero-order chi connectivity index (χ0) is 12.3. The van der Waals surface area contributed by atoms with Gasteiger partial charge >= 0.3 is 0 Å². The van der Waals surface area contributed by atoms with Gasteiger partial charge in [-0.05, 0) is 31.5 Å². The number of carbonyl (C=O) groups is 1. The molecule has 94 valence electrons. The van der Waals surface area contributed by atoms with Gasteiger partial charge in [0.05, 0.1) is 0 Å². The van der Waals surface area contributed by atoms with Crippen LogP contribution in [-0.2, 0) is 13.0 Å². The summed E-state index contributed by atoms with van der Waals surface area (Å²) in [6.07, 6.45) is 7.02. The lowest BCUT2D eigenvalue weighted by Crippen LogP contribution is -2.26. The Morgan fingerprint density at radius 2 is 2.00 bits per heavy atom. The summed E-state index contributed by atoms with van der Waals surface area (Å²) in [5, 5.41) is 0. The van der Waals surface area contributed by atoms with Gasteiger partial charge in [0.15, 0.2) is 5.78 Å². The smallest absolute Gasteiger partial charge is 0.164 e. The monoisotopic (exact) mass is 234 g/mol. The predicted octanol–water partition coefficient (Wildman–Crippen LogP) is 2.35. The molecule has 0 unspecified atom stereocenters. The minimum Gasteiger partial charge on any atom is -0.352 e. The van der Waals surface area contributed by atoms with Gasteiger partial charge in [-0.1, -0.05) is 13.8 Å². The maximum atomic E-state index is 11.7. The number of hydrogen-bond donors (Lipinski definition) is 0. The Kier molecular flexibility index (Phi) is 4.00. The highest BCUT2D eigenvalue weighted by Crippen LogP contribution is 2.21. The normalized spacial score (nSPS) is 15.4. The maximum Gasteiger partial charge on any atom is 0.164 e. The lowest BCUT2D eigenvalue weighted by molar-refractivity contribution is 0.0973. The van der Waals surface area contributed by atoms with Crippen molar-refractivity contribution in [2.24, 2.45) is 0 Å². The third-order valence-electron chi connectivity index (χ3n) is 3.68. The van der Waals surface area contributed by atoms with E-state index in [0.29, 0.717) is 5.78 Å². The number of rotatable bonds is 5. The number of aromatic nitrogens is 1. The molecule has 0 amide bonds. The van der Waals surface area contributed by atoms with Crippen LogP contribution in [0.5, 0.6) is 0 Å². The second-order valence-electron chi connectivity index (χ2n) is 4.74. The van der Waals surface area contributed by atoms with Gasteiger partial charge in [0.25, 0.3) is 0 Å². The van der Waals surface area contributed by atoms with Crippen molar-refractivity contribution < 1.29 is 4.79 Å². The molecule has 3 heteroatoms. The Labute approximate surface area is 103 Å². The minimum absolute atomic E-state index is 0.327. The van der Waals surface area contributed by atoms with Crippen molar-refractivity contribution in [3.8, 4) is 0 Å². The first-order chi connectivity index (χ1) is 8.24. The average molecular weight is 234 g/mol. The Morgan fingerprint density at radius 3 is 2.65 bits per heavy atom.